The third-order valence-corrected chi connectivity index (χ3v) is 10.4. The van der Waals surface area contributed by atoms with Crippen LogP contribution in [0.2, 0.25) is 0 Å². The number of nitrogens with one attached hydrogen (secondary N) is 4. The molecule has 54 heavy (non-hydrogen) atoms. The van der Waals surface area contributed by atoms with Crippen LogP contribution in [0.25, 0.3) is 21.5 Å². The molecule has 0 fully saturated rings. The van der Waals surface area contributed by atoms with Gasteiger partial charge in [-0.25, -0.2) is 4.79 Å². The van der Waals surface area contributed by atoms with Crippen LogP contribution in [0, 0.1) is 13.8 Å². The zero-order valence-corrected chi connectivity index (χ0v) is 29.8. The molecule has 8 N–H and O–H groups in total. The number of aromatic hydroxyl groups is 2. The lowest BCUT2D eigenvalue weighted by Gasteiger charge is -2.15. The first kappa shape index (κ1) is 37.2. The topological polar surface area (TPSA) is 249 Å². The second kappa shape index (κ2) is 14.1. The molecule has 0 unspecified atom stereocenters. The summed E-state index contributed by atoms with van der Waals surface area (Å²) in [4.78, 5) is 37.7. The van der Waals surface area contributed by atoms with Gasteiger partial charge in [-0.1, -0.05) is 24.3 Å². The predicted octanol–water partition coefficient (Wildman–Crippen LogP) is 6.28. The Balaban J connectivity index is 1.14. The first-order chi connectivity index (χ1) is 25.4. The molecule has 0 spiro atoms. The van der Waals surface area contributed by atoms with Gasteiger partial charge in [-0.3, -0.25) is 29.3 Å². The highest BCUT2D eigenvalue weighted by atomic mass is 32.2. The number of anilines is 4. The van der Waals surface area contributed by atoms with Crippen molar-refractivity contribution in [2.45, 2.75) is 23.6 Å². The minimum Gasteiger partial charge on any atom is -0.507 e. The van der Waals surface area contributed by atoms with Gasteiger partial charge >= 0.3 is 6.03 Å². The van der Waals surface area contributed by atoms with Crippen molar-refractivity contribution in [2.75, 3.05) is 10.6 Å². The van der Waals surface area contributed by atoms with E-state index in [9.17, 15) is 50.5 Å². The molecule has 0 bridgehead atoms. The summed E-state index contributed by atoms with van der Waals surface area (Å²) in [5.74, 6) is -2.05. The van der Waals surface area contributed by atoms with Crippen LogP contribution < -0.4 is 21.3 Å². The molecule has 0 saturated carbocycles. The average Bonchev–Trinajstić information content (AvgIpc) is 3.07. The standard InChI is InChI=1S/C37H30N4O11S2/c1-19-17-21(38-29-15-13-25-27(5-3-7-31(25)42)33(29)53(47,48)49)9-11-23(19)35(44)40-37(46)41-36(45)24-12-10-22(18-20(24)2)39-30-16-14-26-28(6-4-8-32(26)43)34(30)54(50,51)52/h3-18,38-39,42-43H,1-2H3,(H,47,48,49)(H,50,51,52)(H2,40,41,44,45,46). The number of hydrogen-bond donors (Lipinski definition) is 8. The van der Waals surface area contributed by atoms with Gasteiger partial charge in [0.1, 0.15) is 21.3 Å². The Hall–Kier alpha value is -6.53. The lowest BCUT2D eigenvalue weighted by atomic mass is 10.1. The van der Waals surface area contributed by atoms with Gasteiger partial charge in [0.15, 0.2) is 0 Å². The Morgan fingerprint density at radius 1 is 0.519 bits per heavy atom. The smallest absolute Gasteiger partial charge is 0.328 e. The van der Waals surface area contributed by atoms with E-state index in [4.69, 9.17) is 0 Å². The zero-order chi connectivity index (χ0) is 39.1. The van der Waals surface area contributed by atoms with E-state index < -0.39 is 47.9 Å². The molecule has 0 radical (unpaired) electrons. The van der Waals surface area contributed by atoms with Gasteiger partial charge in [-0.2, -0.15) is 16.8 Å². The van der Waals surface area contributed by atoms with Crippen LogP contribution in [0.4, 0.5) is 27.5 Å². The maximum Gasteiger partial charge on any atom is 0.328 e. The highest BCUT2D eigenvalue weighted by Crippen LogP contribution is 2.37. The van der Waals surface area contributed by atoms with E-state index in [1.807, 2.05) is 0 Å². The molecule has 0 saturated heterocycles. The van der Waals surface area contributed by atoms with Crippen molar-refractivity contribution >= 4 is 82.4 Å². The van der Waals surface area contributed by atoms with E-state index in [-0.39, 0.29) is 55.5 Å². The summed E-state index contributed by atoms with van der Waals surface area (Å²) < 4.78 is 69.2. The summed E-state index contributed by atoms with van der Waals surface area (Å²) in [6, 6.07) is 21.6. The largest absolute Gasteiger partial charge is 0.507 e. The molecule has 6 aromatic rings. The van der Waals surface area contributed by atoms with Crippen molar-refractivity contribution < 1.29 is 50.5 Å². The van der Waals surface area contributed by atoms with Crippen LogP contribution in [-0.4, -0.2) is 54.0 Å². The Morgan fingerprint density at radius 3 is 1.26 bits per heavy atom. The Bertz CT molecular complexity index is 2600. The van der Waals surface area contributed by atoms with Crippen molar-refractivity contribution in [3.63, 3.8) is 0 Å². The zero-order valence-electron chi connectivity index (χ0n) is 28.2. The molecule has 0 aromatic heterocycles. The number of amides is 4. The molecule has 276 valence electrons. The molecule has 0 aliphatic heterocycles. The fourth-order valence-electron chi connectivity index (χ4n) is 6.06. The number of urea groups is 1. The van der Waals surface area contributed by atoms with Crippen LogP contribution in [0.1, 0.15) is 31.8 Å². The molecule has 0 aliphatic carbocycles. The maximum atomic E-state index is 13.0. The summed E-state index contributed by atoms with van der Waals surface area (Å²) >= 11 is 0. The maximum absolute atomic E-state index is 13.0. The molecule has 4 amide bonds. The normalized spacial score (nSPS) is 11.6. The van der Waals surface area contributed by atoms with Crippen LogP contribution in [0.3, 0.4) is 0 Å². The van der Waals surface area contributed by atoms with Gasteiger partial charge in [0.25, 0.3) is 32.1 Å². The van der Waals surface area contributed by atoms with E-state index in [2.05, 4.69) is 21.3 Å². The number of phenolic OH excluding ortho intramolecular Hbond substituents is 2. The molecule has 15 nitrogen and oxygen atoms in total. The van der Waals surface area contributed by atoms with Gasteiger partial charge in [0, 0.05) is 44.0 Å². The SMILES string of the molecule is Cc1cc(Nc2ccc3c(O)cccc3c2S(=O)(=O)O)ccc1C(=O)NC(=O)NC(=O)c1ccc(Nc2ccc3c(O)cccc3c2S(=O)(=O)O)cc1C. The number of benzene rings is 6. The van der Waals surface area contributed by atoms with Gasteiger partial charge < -0.3 is 20.8 Å². The summed E-state index contributed by atoms with van der Waals surface area (Å²) in [7, 11) is -9.51. The Labute approximate surface area is 307 Å². The first-order valence-electron chi connectivity index (χ1n) is 15.8. The lowest BCUT2D eigenvalue weighted by molar-refractivity contribution is 0.0944. The van der Waals surface area contributed by atoms with E-state index in [1.165, 1.54) is 97.1 Å². The van der Waals surface area contributed by atoms with E-state index in [0.29, 0.717) is 22.5 Å². The number of imide groups is 2. The number of fused-ring (bicyclic) bond motifs is 2. The van der Waals surface area contributed by atoms with E-state index >= 15 is 0 Å². The van der Waals surface area contributed by atoms with Crippen molar-refractivity contribution in [3.05, 3.63) is 119 Å². The fraction of sp³-hybridized carbons (Fsp3) is 0.0541. The number of rotatable bonds is 8. The summed E-state index contributed by atoms with van der Waals surface area (Å²) in [5.41, 5.74) is 1.50. The Morgan fingerprint density at radius 2 is 0.907 bits per heavy atom. The van der Waals surface area contributed by atoms with E-state index in [1.54, 1.807) is 13.8 Å². The number of aryl methyl sites for hydroxylation is 2. The summed E-state index contributed by atoms with van der Waals surface area (Å²) in [5, 5.41) is 30.8. The van der Waals surface area contributed by atoms with E-state index in [0.717, 1.165) is 0 Å². The average molecular weight is 771 g/mol. The van der Waals surface area contributed by atoms with Gasteiger partial charge in [0.2, 0.25) is 0 Å². The predicted molar refractivity (Wildman–Crippen MR) is 200 cm³/mol. The number of hydrogen-bond acceptors (Lipinski definition) is 11. The Kier molecular flexibility index (Phi) is 9.74. The fourth-order valence-corrected chi connectivity index (χ4v) is 7.76. The molecule has 6 aromatic carbocycles. The molecule has 0 atom stereocenters. The van der Waals surface area contributed by atoms with Crippen LogP contribution in [-0.2, 0) is 20.2 Å². The number of phenols is 2. The van der Waals surface area contributed by atoms with Gasteiger partial charge in [-0.05, 0) is 97.8 Å². The van der Waals surface area contributed by atoms with Gasteiger partial charge in [-0.15, -0.1) is 0 Å². The summed E-state index contributed by atoms with van der Waals surface area (Å²) in [6.45, 7) is 3.12. The quantitative estimate of drug-likeness (QED) is 0.0795. The highest BCUT2D eigenvalue weighted by Gasteiger charge is 2.23. The third-order valence-electron chi connectivity index (χ3n) is 8.45. The molecule has 17 heteroatoms. The second-order valence-corrected chi connectivity index (χ2v) is 14.8. The van der Waals surface area contributed by atoms with Crippen molar-refractivity contribution in [1.82, 2.24) is 10.6 Å². The third kappa shape index (κ3) is 7.50. The first-order valence-corrected chi connectivity index (χ1v) is 18.7. The molecule has 0 heterocycles. The molecular formula is C37H30N4O11S2. The highest BCUT2D eigenvalue weighted by molar-refractivity contribution is 7.86. The van der Waals surface area contributed by atoms with Crippen LogP contribution >= 0.6 is 0 Å². The molecule has 6 rings (SSSR count). The summed E-state index contributed by atoms with van der Waals surface area (Å²) in [6.07, 6.45) is 0. The molecular weight excluding hydrogens is 741 g/mol. The van der Waals surface area contributed by atoms with Crippen molar-refractivity contribution in [1.29, 1.82) is 0 Å². The minimum atomic E-state index is -4.75. The number of carbonyl (C=O) groups excluding carboxylic acids is 3. The molecule has 0 aliphatic rings. The monoisotopic (exact) mass is 770 g/mol. The van der Waals surface area contributed by atoms with Crippen molar-refractivity contribution in [3.8, 4) is 11.5 Å². The number of carbonyl (C=O) groups is 3. The van der Waals surface area contributed by atoms with Crippen LogP contribution in [0.15, 0.2) is 107 Å². The van der Waals surface area contributed by atoms with Crippen LogP contribution in [0.5, 0.6) is 11.5 Å². The lowest BCUT2D eigenvalue weighted by Crippen LogP contribution is -2.42. The minimum absolute atomic E-state index is 0.00175. The second-order valence-electron chi connectivity index (χ2n) is 12.1. The van der Waals surface area contributed by atoms with Crippen molar-refractivity contribution in [2.24, 2.45) is 0 Å². The van der Waals surface area contributed by atoms with Gasteiger partial charge in [0.05, 0.1) is 11.4 Å².